The van der Waals surface area contributed by atoms with Crippen molar-refractivity contribution in [3.8, 4) is 0 Å². The molecule has 12 heteroatoms. The third kappa shape index (κ3) is 8.13. The minimum Gasteiger partial charge on any atom is -0.455 e. The van der Waals surface area contributed by atoms with Crippen molar-refractivity contribution in [1.82, 2.24) is 15.1 Å². The molecule has 3 amide bonds. The van der Waals surface area contributed by atoms with E-state index in [0.717, 1.165) is 0 Å². The third-order valence-electron chi connectivity index (χ3n) is 9.74. The van der Waals surface area contributed by atoms with Crippen LogP contribution in [0.15, 0.2) is 55.6 Å². The summed E-state index contributed by atoms with van der Waals surface area (Å²) in [6, 6.07) is 7.42. The second-order valence-corrected chi connectivity index (χ2v) is 15.3. The smallest absolute Gasteiger partial charge is 0.313 e. The first-order valence-corrected chi connectivity index (χ1v) is 18.1. The summed E-state index contributed by atoms with van der Waals surface area (Å²) in [7, 11) is 1.51. The number of ether oxygens (including phenoxy) is 3. The Morgan fingerprint density at radius 1 is 1.18 bits per heavy atom. The molecule has 3 fully saturated rings. The Balaban J connectivity index is 1.72. The van der Waals surface area contributed by atoms with E-state index in [1.807, 2.05) is 51.1 Å². The van der Waals surface area contributed by atoms with Crippen molar-refractivity contribution in [2.75, 3.05) is 33.4 Å². The summed E-state index contributed by atoms with van der Waals surface area (Å²) >= 11 is 3.74. The van der Waals surface area contributed by atoms with Crippen molar-refractivity contribution in [1.29, 1.82) is 0 Å². The summed E-state index contributed by atoms with van der Waals surface area (Å²) in [6.45, 7) is 14.0. The van der Waals surface area contributed by atoms with E-state index in [1.54, 1.807) is 22.0 Å². The molecular weight excluding hydrogens is 694 g/mol. The van der Waals surface area contributed by atoms with Crippen molar-refractivity contribution in [3.05, 3.63) is 61.2 Å². The minimum atomic E-state index is -1.26. The number of methoxy groups -OCH3 is 1. The fraction of sp³-hybridized carbons (Fsp3) is 0.622. The number of hydrogen-bond donors (Lipinski definition) is 2. The summed E-state index contributed by atoms with van der Waals surface area (Å²) < 4.78 is 18.5. The van der Waals surface area contributed by atoms with Crippen LogP contribution in [0, 0.1) is 11.8 Å². The highest BCUT2D eigenvalue weighted by atomic mass is 79.9. The number of esters is 1. The van der Waals surface area contributed by atoms with Gasteiger partial charge in [-0.15, -0.1) is 13.2 Å². The zero-order chi connectivity index (χ0) is 35.9. The number of amides is 3. The number of likely N-dealkylation sites (tertiary alicyclic amines) is 1. The summed E-state index contributed by atoms with van der Waals surface area (Å²) in [5.41, 5.74) is -1.19. The monoisotopic (exact) mass is 745 g/mol. The number of aliphatic hydroxyl groups is 1. The van der Waals surface area contributed by atoms with Gasteiger partial charge in [-0.3, -0.25) is 19.2 Å². The van der Waals surface area contributed by atoms with Crippen LogP contribution in [0.2, 0.25) is 0 Å². The zero-order valence-electron chi connectivity index (χ0n) is 29.1. The van der Waals surface area contributed by atoms with Gasteiger partial charge in [-0.2, -0.15) is 0 Å². The largest absolute Gasteiger partial charge is 0.455 e. The molecule has 0 aliphatic carbocycles. The van der Waals surface area contributed by atoms with Gasteiger partial charge in [0.2, 0.25) is 17.7 Å². The molecule has 1 unspecified atom stereocenters. The maximum atomic E-state index is 14.6. The number of allylic oxidation sites excluding steroid dienone is 1. The number of halogens is 1. The van der Waals surface area contributed by atoms with E-state index in [2.05, 4.69) is 34.4 Å². The standard InChI is InChI=1S/C37H52BrN3O8/c1-7-9-18-27(43)39-26(23-47-6)30(24-16-12-10-13-17-24)48-35(46)28-29-33(44)40(20-14-11-15-21-42)32(37(29)22-25(38)31(28)49-37)34(45)41(19-8-2)36(3,4)5/h7-8,10,12-13,16-17,25-26,28-32,42H,1-2,9,11,14-15,18-23H2,3-6H3,(H,39,43)/t25?,26-,28-,29+,30-,31-,32-,37+/m1/s1. The zero-order valence-corrected chi connectivity index (χ0v) is 30.7. The highest BCUT2D eigenvalue weighted by Gasteiger charge is 2.77. The van der Waals surface area contributed by atoms with E-state index >= 15 is 0 Å². The van der Waals surface area contributed by atoms with Crippen LogP contribution in [-0.4, -0.2) is 106 Å². The van der Waals surface area contributed by atoms with Gasteiger partial charge in [0, 0.05) is 43.6 Å². The quantitative estimate of drug-likeness (QED) is 0.0994. The average molecular weight is 747 g/mol. The normalized spacial score (nSPS) is 26.9. The Hall–Kier alpha value is -3.06. The first-order chi connectivity index (χ1) is 23.4. The first kappa shape index (κ1) is 38.7. The first-order valence-electron chi connectivity index (χ1n) is 17.2. The number of alkyl halides is 1. The van der Waals surface area contributed by atoms with Gasteiger partial charge in [-0.1, -0.05) is 58.4 Å². The lowest BCUT2D eigenvalue weighted by Crippen LogP contribution is -2.60. The van der Waals surface area contributed by atoms with E-state index in [0.29, 0.717) is 37.7 Å². The highest BCUT2D eigenvalue weighted by Crippen LogP contribution is 2.60. The van der Waals surface area contributed by atoms with Crippen LogP contribution in [0.25, 0.3) is 0 Å². The predicted octanol–water partition coefficient (Wildman–Crippen LogP) is 4.09. The van der Waals surface area contributed by atoms with Crippen molar-refractivity contribution in [3.63, 3.8) is 0 Å². The molecule has 11 nitrogen and oxygen atoms in total. The van der Waals surface area contributed by atoms with Crippen LogP contribution in [0.4, 0.5) is 0 Å². The summed E-state index contributed by atoms with van der Waals surface area (Å²) in [5, 5.41) is 12.3. The third-order valence-corrected chi connectivity index (χ3v) is 10.6. The van der Waals surface area contributed by atoms with Crippen LogP contribution in [-0.2, 0) is 33.4 Å². The number of rotatable bonds is 18. The van der Waals surface area contributed by atoms with Crippen LogP contribution >= 0.6 is 15.9 Å². The molecule has 0 aromatic heterocycles. The Morgan fingerprint density at radius 2 is 1.90 bits per heavy atom. The maximum Gasteiger partial charge on any atom is 0.313 e. The molecule has 4 rings (SSSR count). The molecule has 3 aliphatic heterocycles. The Morgan fingerprint density at radius 3 is 2.51 bits per heavy atom. The minimum absolute atomic E-state index is 0.0331. The number of nitrogens with zero attached hydrogens (tertiary/aromatic N) is 2. The summed E-state index contributed by atoms with van der Waals surface area (Å²) in [5.74, 6) is -3.41. The van der Waals surface area contributed by atoms with Crippen molar-refractivity contribution in [2.24, 2.45) is 11.8 Å². The van der Waals surface area contributed by atoms with Gasteiger partial charge in [0.1, 0.15) is 17.7 Å². The molecule has 1 aromatic rings. The van der Waals surface area contributed by atoms with Gasteiger partial charge < -0.3 is 34.4 Å². The van der Waals surface area contributed by atoms with Crippen LogP contribution in [0.1, 0.15) is 71.0 Å². The van der Waals surface area contributed by atoms with Crippen LogP contribution < -0.4 is 5.32 Å². The van der Waals surface area contributed by atoms with Gasteiger partial charge in [-0.25, -0.2) is 0 Å². The van der Waals surface area contributed by atoms with E-state index in [4.69, 9.17) is 14.2 Å². The van der Waals surface area contributed by atoms with E-state index in [9.17, 15) is 24.3 Å². The lowest BCUT2D eigenvalue weighted by molar-refractivity contribution is -0.163. The van der Waals surface area contributed by atoms with Crippen molar-refractivity contribution < 1.29 is 38.5 Å². The number of nitrogens with one attached hydrogen (secondary N) is 1. The molecule has 0 radical (unpaired) electrons. The number of hydrogen-bond acceptors (Lipinski definition) is 8. The molecular formula is C37H52BrN3O8. The molecule has 1 spiro atoms. The lowest BCUT2D eigenvalue weighted by atomic mass is 9.70. The number of carbonyl (C=O) groups excluding carboxylic acids is 4. The van der Waals surface area contributed by atoms with Crippen LogP contribution in [0.3, 0.4) is 0 Å². The van der Waals surface area contributed by atoms with E-state index in [1.165, 1.54) is 7.11 Å². The van der Waals surface area contributed by atoms with E-state index < -0.39 is 53.2 Å². The van der Waals surface area contributed by atoms with Gasteiger partial charge in [-0.05, 0) is 58.4 Å². The molecule has 3 heterocycles. The molecule has 2 bridgehead atoms. The number of benzene rings is 1. The van der Waals surface area contributed by atoms with Gasteiger partial charge >= 0.3 is 5.97 Å². The SMILES string of the molecule is C=CCCC(=O)N[C@H](COC)[C@H](OC(=O)[C@H]1[C@@H]2O[C@@]3(CC2Br)[C@@H]1C(=O)N(CCCCCO)[C@@H]3C(=O)N(CC=C)C(C)(C)C)c1ccccc1. The average Bonchev–Trinajstić information content (AvgIpc) is 3.65. The van der Waals surface area contributed by atoms with E-state index in [-0.39, 0.29) is 55.3 Å². The number of carbonyl (C=O) groups is 4. The van der Waals surface area contributed by atoms with Crippen molar-refractivity contribution in [2.45, 2.75) is 99.6 Å². The molecule has 2 N–H and O–H groups in total. The maximum absolute atomic E-state index is 14.6. The number of unbranched alkanes of at least 4 members (excludes halogenated alkanes) is 2. The number of aliphatic hydroxyl groups excluding tert-OH is 1. The molecule has 3 saturated heterocycles. The molecule has 0 saturated carbocycles. The molecule has 270 valence electrons. The van der Waals surface area contributed by atoms with Gasteiger partial charge in [0.25, 0.3) is 0 Å². The fourth-order valence-electron chi connectivity index (χ4n) is 7.59. The lowest BCUT2D eigenvalue weighted by Gasteiger charge is -2.42. The van der Waals surface area contributed by atoms with Crippen molar-refractivity contribution >= 4 is 39.6 Å². The summed E-state index contributed by atoms with van der Waals surface area (Å²) in [6.07, 6.45) is 4.55. The Kier molecular flexibility index (Phi) is 13.3. The second-order valence-electron chi connectivity index (χ2n) is 14.1. The fourth-order valence-corrected chi connectivity index (χ4v) is 8.53. The predicted molar refractivity (Wildman–Crippen MR) is 189 cm³/mol. The molecule has 1 aromatic carbocycles. The Bertz CT molecular complexity index is 1350. The topological polar surface area (TPSA) is 135 Å². The molecule has 8 atom stereocenters. The van der Waals surface area contributed by atoms with Gasteiger partial charge in [0.05, 0.1) is 30.6 Å². The summed E-state index contributed by atoms with van der Waals surface area (Å²) in [4.78, 5) is 59.5. The highest BCUT2D eigenvalue weighted by molar-refractivity contribution is 9.09. The second kappa shape index (κ2) is 16.8. The van der Waals surface area contributed by atoms with Crippen LogP contribution in [0.5, 0.6) is 0 Å². The molecule has 49 heavy (non-hydrogen) atoms. The molecule has 3 aliphatic rings. The van der Waals surface area contributed by atoms with Gasteiger partial charge in [0.15, 0.2) is 0 Å². The Labute approximate surface area is 298 Å². The number of fused-ring (bicyclic) bond motifs is 1.